The largest absolute Gasteiger partial charge is 0.367 e. The van der Waals surface area contributed by atoms with Crippen molar-refractivity contribution >= 4 is 11.9 Å². The van der Waals surface area contributed by atoms with Crippen molar-refractivity contribution < 1.29 is 23.1 Å². The lowest BCUT2D eigenvalue weighted by molar-refractivity contribution is -0.114. The summed E-state index contributed by atoms with van der Waals surface area (Å²) in [5, 5.41) is 0. The fourth-order valence-corrected chi connectivity index (χ4v) is 6.99. The van der Waals surface area contributed by atoms with Gasteiger partial charge < -0.3 is 24.3 Å². The SMILES string of the molecule is O=C(c1ccccc1)N1CCOC(CCN2CCC(N(Cc3ccccc3)C(=O)N3CCCC3)CC2)(c2ccc(F)c(F)c2)C1. The van der Waals surface area contributed by atoms with Gasteiger partial charge >= 0.3 is 6.03 Å². The maximum atomic E-state index is 14.5. The maximum Gasteiger partial charge on any atom is 0.320 e. The molecular formula is C36H42F2N4O3. The third-order valence-electron chi connectivity index (χ3n) is 9.59. The Morgan fingerprint density at radius 2 is 1.51 bits per heavy atom. The number of ether oxygens (including phenoxy) is 1. The average Bonchev–Trinajstić information content (AvgIpc) is 3.64. The molecule has 3 fully saturated rings. The number of rotatable bonds is 8. The molecule has 45 heavy (non-hydrogen) atoms. The van der Waals surface area contributed by atoms with Crippen LogP contribution in [0.3, 0.4) is 0 Å². The number of halogens is 2. The molecule has 7 nitrogen and oxygen atoms in total. The molecule has 0 saturated carbocycles. The van der Waals surface area contributed by atoms with E-state index in [9.17, 15) is 18.4 Å². The summed E-state index contributed by atoms with van der Waals surface area (Å²) in [6, 6.07) is 23.5. The molecule has 0 bridgehead atoms. The van der Waals surface area contributed by atoms with Gasteiger partial charge in [0, 0.05) is 57.4 Å². The number of benzene rings is 3. The lowest BCUT2D eigenvalue weighted by Gasteiger charge is -2.45. The molecule has 0 spiro atoms. The van der Waals surface area contributed by atoms with Crippen LogP contribution in [0.2, 0.25) is 0 Å². The molecule has 3 aromatic carbocycles. The second-order valence-corrected chi connectivity index (χ2v) is 12.5. The Morgan fingerprint density at radius 1 is 0.822 bits per heavy atom. The highest BCUT2D eigenvalue weighted by Gasteiger charge is 2.41. The summed E-state index contributed by atoms with van der Waals surface area (Å²) >= 11 is 0. The van der Waals surface area contributed by atoms with Crippen LogP contribution >= 0.6 is 0 Å². The first-order valence-corrected chi connectivity index (χ1v) is 16.2. The van der Waals surface area contributed by atoms with Gasteiger partial charge in [-0.15, -0.1) is 0 Å². The zero-order chi connectivity index (χ0) is 31.2. The molecule has 3 heterocycles. The molecule has 0 N–H and O–H groups in total. The summed E-state index contributed by atoms with van der Waals surface area (Å²) in [7, 11) is 0. The fraction of sp³-hybridized carbons (Fsp3) is 0.444. The molecule has 1 atom stereocenters. The van der Waals surface area contributed by atoms with Crippen LogP contribution in [0, 0.1) is 11.6 Å². The highest BCUT2D eigenvalue weighted by Crippen LogP contribution is 2.36. The molecule has 0 aliphatic carbocycles. The second-order valence-electron chi connectivity index (χ2n) is 12.5. The smallest absolute Gasteiger partial charge is 0.320 e. The van der Waals surface area contributed by atoms with Gasteiger partial charge in [-0.3, -0.25) is 4.79 Å². The number of hydrogen-bond donors (Lipinski definition) is 0. The molecule has 3 amide bonds. The quantitative estimate of drug-likeness (QED) is 0.316. The minimum absolute atomic E-state index is 0.104. The molecule has 1 unspecified atom stereocenters. The van der Waals surface area contributed by atoms with Gasteiger partial charge in [-0.05, 0) is 67.5 Å². The van der Waals surface area contributed by atoms with Crippen molar-refractivity contribution in [2.24, 2.45) is 0 Å². The van der Waals surface area contributed by atoms with Gasteiger partial charge in [0.25, 0.3) is 5.91 Å². The first-order valence-electron chi connectivity index (χ1n) is 16.2. The zero-order valence-electron chi connectivity index (χ0n) is 25.8. The number of likely N-dealkylation sites (tertiary alicyclic amines) is 2. The van der Waals surface area contributed by atoms with Crippen molar-refractivity contribution in [2.45, 2.75) is 50.3 Å². The van der Waals surface area contributed by atoms with E-state index in [1.54, 1.807) is 23.1 Å². The Hall–Kier alpha value is -3.82. The molecule has 0 aromatic heterocycles. The van der Waals surface area contributed by atoms with Crippen LogP contribution < -0.4 is 0 Å². The number of piperidine rings is 1. The number of amides is 3. The van der Waals surface area contributed by atoms with Crippen molar-refractivity contribution in [2.75, 3.05) is 52.4 Å². The lowest BCUT2D eigenvalue weighted by Crippen LogP contribution is -2.54. The summed E-state index contributed by atoms with van der Waals surface area (Å²) in [5.41, 5.74) is 1.28. The van der Waals surface area contributed by atoms with E-state index in [1.165, 1.54) is 6.07 Å². The van der Waals surface area contributed by atoms with Crippen molar-refractivity contribution in [1.29, 1.82) is 0 Å². The van der Waals surface area contributed by atoms with E-state index >= 15 is 0 Å². The van der Waals surface area contributed by atoms with E-state index in [1.807, 2.05) is 41.3 Å². The Kier molecular flexibility index (Phi) is 9.76. The van der Waals surface area contributed by atoms with E-state index in [4.69, 9.17) is 4.74 Å². The van der Waals surface area contributed by atoms with Gasteiger partial charge in [-0.2, -0.15) is 0 Å². The molecular weight excluding hydrogens is 574 g/mol. The molecule has 0 radical (unpaired) electrons. The molecule has 238 valence electrons. The predicted octanol–water partition coefficient (Wildman–Crippen LogP) is 5.91. The summed E-state index contributed by atoms with van der Waals surface area (Å²) in [6.07, 6.45) is 4.33. The maximum absolute atomic E-state index is 14.5. The number of carbonyl (C=O) groups excluding carboxylic acids is 2. The molecule has 3 saturated heterocycles. The Balaban J connectivity index is 1.15. The van der Waals surface area contributed by atoms with Crippen molar-refractivity contribution in [1.82, 2.24) is 19.6 Å². The Morgan fingerprint density at radius 3 is 2.20 bits per heavy atom. The fourth-order valence-electron chi connectivity index (χ4n) is 6.99. The van der Waals surface area contributed by atoms with E-state index in [2.05, 4.69) is 21.9 Å². The van der Waals surface area contributed by atoms with Gasteiger partial charge in [0.2, 0.25) is 0 Å². The van der Waals surface area contributed by atoms with Crippen LogP contribution in [-0.4, -0.2) is 90.0 Å². The third-order valence-corrected chi connectivity index (χ3v) is 9.59. The van der Waals surface area contributed by atoms with Gasteiger partial charge in [0.05, 0.1) is 13.2 Å². The number of carbonyl (C=O) groups is 2. The second kappa shape index (κ2) is 14.1. The Bertz CT molecular complexity index is 1450. The summed E-state index contributed by atoms with van der Waals surface area (Å²) in [6.45, 7) is 5.49. The standard InChI is InChI=1S/C36H42F2N4O3/c37-32-14-13-30(25-33(32)38)36(27-41(23-24-45-36)34(43)29-11-5-2-6-12-29)17-22-39-20-15-31(16-21-39)42(26-28-9-3-1-4-10-28)35(44)40-18-7-8-19-40/h1-6,9-14,25,31H,7-8,15-24,26-27H2. The van der Waals surface area contributed by atoms with Crippen molar-refractivity contribution in [3.8, 4) is 0 Å². The first kappa shape index (κ1) is 31.2. The average molecular weight is 617 g/mol. The lowest BCUT2D eigenvalue weighted by atomic mass is 9.87. The number of morpholine rings is 1. The van der Waals surface area contributed by atoms with Gasteiger partial charge in [0.15, 0.2) is 11.6 Å². The molecule has 3 aromatic rings. The van der Waals surface area contributed by atoms with E-state index in [0.717, 1.165) is 63.5 Å². The number of hydrogen-bond acceptors (Lipinski definition) is 4. The monoisotopic (exact) mass is 616 g/mol. The van der Waals surface area contributed by atoms with E-state index < -0.39 is 17.2 Å². The van der Waals surface area contributed by atoms with Gasteiger partial charge in [-0.1, -0.05) is 54.6 Å². The molecule has 3 aliphatic rings. The van der Waals surface area contributed by atoms with Crippen molar-refractivity contribution in [3.05, 3.63) is 107 Å². The minimum Gasteiger partial charge on any atom is -0.367 e. The van der Waals surface area contributed by atoms with Crippen LogP contribution in [0.15, 0.2) is 78.9 Å². The summed E-state index contributed by atoms with van der Waals surface area (Å²) in [5.74, 6) is -1.94. The van der Waals surface area contributed by atoms with E-state index in [-0.39, 0.29) is 24.5 Å². The summed E-state index contributed by atoms with van der Waals surface area (Å²) in [4.78, 5) is 35.2. The van der Waals surface area contributed by atoms with E-state index in [0.29, 0.717) is 43.8 Å². The highest BCUT2D eigenvalue weighted by molar-refractivity contribution is 5.94. The zero-order valence-corrected chi connectivity index (χ0v) is 25.8. The van der Waals surface area contributed by atoms with Crippen LogP contribution in [0.1, 0.15) is 53.6 Å². The van der Waals surface area contributed by atoms with Crippen LogP contribution in [0.25, 0.3) is 0 Å². The van der Waals surface area contributed by atoms with Crippen LogP contribution in [0.4, 0.5) is 13.6 Å². The molecule has 3 aliphatic heterocycles. The highest BCUT2D eigenvalue weighted by atomic mass is 19.2. The van der Waals surface area contributed by atoms with Crippen LogP contribution in [0.5, 0.6) is 0 Å². The molecule has 9 heteroatoms. The Labute approximate surface area is 264 Å². The minimum atomic E-state index is -0.973. The number of urea groups is 1. The van der Waals surface area contributed by atoms with Gasteiger partial charge in [-0.25, -0.2) is 13.6 Å². The number of nitrogens with zero attached hydrogens (tertiary/aromatic N) is 4. The molecule has 6 rings (SSSR count). The topological polar surface area (TPSA) is 56.3 Å². The van der Waals surface area contributed by atoms with Gasteiger partial charge in [0.1, 0.15) is 5.60 Å². The first-order chi connectivity index (χ1) is 21.9. The van der Waals surface area contributed by atoms with Crippen molar-refractivity contribution in [3.63, 3.8) is 0 Å². The predicted molar refractivity (Wildman–Crippen MR) is 169 cm³/mol. The summed E-state index contributed by atoms with van der Waals surface area (Å²) < 4.78 is 34.9. The van der Waals surface area contributed by atoms with Crippen LogP contribution in [-0.2, 0) is 16.9 Å². The normalized spacial score (nSPS) is 21.2. The third kappa shape index (κ3) is 7.20.